The summed E-state index contributed by atoms with van der Waals surface area (Å²) in [5.74, 6) is -1.37. The second-order valence-electron chi connectivity index (χ2n) is 6.98. The van der Waals surface area contributed by atoms with E-state index in [1.165, 1.54) is 6.21 Å². The minimum Gasteiger partial charge on any atom is -0.478 e. The van der Waals surface area contributed by atoms with Crippen LogP contribution in [-0.4, -0.2) is 27.8 Å². The lowest BCUT2D eigenvalue weighted by Gasteiger charge is -2.12. The van der Waals surface area contributed by atoms with Gasteiger partial charge in [-0.05, 0) is 56.3 Å². The molecule has 2 aromatic heterocycles. The SMILES string of the molecule is Cc1cc(/C=N\NC(=O)c2cc3cc(Cl)ccc3o2)c(C)n1-c1ccccc1C(=O)O. The Labute approximate surface area is 182 Å². The van der Waals surface area contributed by atoms with Gasteiger partial charge in [0.15, 0.2) is 5.76 Å². The number of aromatic carboxylic acids is 1. The van der Waals surface area contributed by atoms with Gasteiger partial charge in [-0.15, -0.1) is 0 Å². The lowest BCUT2D eigenvalue weighted by atomic mass is 10.1. The van der Waals surface area contributed by atoms with Crippen LogP contribution >= 0.6 is 11.6 Å². The van der Waals surface area contributed by atoms with Crippen LogP contribution in [0.3, 0.4) is 0 Å². The van der Waals surface area contributed by atoms with Crippen molar-refractivity contribution in [3.8, 4) is 5.69 Å². The van der Waals surface area contributed by atoms with Crippen molar-refractivity contribution in [3.63, 3.8) is 0 Å². The highest BCUT2D eigenvalue weighted by Gasteiger charge is 2.16. The number of carboxylic acids is 1. The third-order valence-corrected chi connectivity index (χ3v) is 5.15. The van der Waals surface area contributed by atoms with E-state index in [0.717, 1.165) is 22.3 Å². The number of hydrazone groups is 1. The van der Waals surface area contributed by atoms with Gasteiger partial charge in [0.1, 0.15) is 5.58 Å². The fraction of sp³-hybridized carbons (Fsp3) is 0.0870. The minimum atomic E-state index is -1.00. The van der Waals surface area contributed by atoms with E-state index >= 15 is 0 Å². The lowest BCUT2D eigenvalue weighted by molar-refractivity contribution is 0.0696. The van der Waals surface area contributed by atoms with Crippen molar-refractivity contribution in [2.75, 3.05) is 0 Å². The summed E-state index contributed by atoms with van der Waals surface area (Å²) in [6.45, 7) is 3.74. The smallest absolute Gasteiger partial charge is 0.337 e. The first-order valence-electron chi connectivity index (χ1n) is 9.39. The molecule has 0 radical (unpaired) electrons. The van der Waals surface area contributed by atoms with Crippen molar-refractivity contribution in [3.05, 3.63) is 87.9 Å². The molecule has 2 aromatic carbocycles. The number of furan rings is 1. The van der Waals surface area contributed by atoms with Crippen LogP contribution in [0.4, 0.5) is 0 Å². The molecule has 2 N–H and O–H groups in total. The standard InChI is InChI=1S/C23H18ClN3O4/c1-13-9-16(14(2)27(13)19-6-4-3-5-18(19)23(29)30)12-25-26-22(28)21-11-15-10-17(24)7-8-20(15)31-21/h3-12H,1-2H3,(H,26,28)(H,29,30)/b25-12-. The maximum Gasteiger partial charge on any atom is 0.337 e. The van der Waals surface area contributed by atoms with Crippen LogP contribution in [0.1, 0.15) is 37.9 Å². The van der Waals surface area contributed by atoms with Gasteiger partial charge in [-0.3, -0.25) is 4.79 Å². The summed E-state index contributed by atoms with van der Waals surface area (Å²) >= 11 is 5.96. The van der Waals surface area contributed by atoms with Gasteiger partial charge in [-0.2, -0.15) is 5.10 Å². The number of carbonyl (C=O) groups is 2. The predicted molar refractivity (Wildman–Crippen MR) is 118 cm³/mol. The first kappa shape index (κ1) is 20.4. The molecule has 0 fully saturated rings. The number of nitrogens with one attached hydrogen (secondary N) is 1. The van der Waals surface area contributed by atoms with E-state index in [-0.39, 0.29) is 11.3 Å². The number of halogens is 1. The van der Waals surface area contributed by atoms with E-state index in [4.69, 9.17) is 16.0 Å². The summed E-state index contributed by atoms with van der Waals surface area (Å²) in [4.78, 5) is 24.0. The summed E-state index contributed by atoms with van der Waals surface area (Å²) in [7, 11) is 0. The lowest BCUT2D eigenvalue weighted by Crippen LogP contribution is -2.16. The number of rotatable bonds is 5. The quantitative estimate of drug-likeness (QED) is 0.342. The molecule has 0 aliphatic carbocycles. The van der Waals surface area contributed by atoms with Crippen LogP contribution < -0.4 is 5.43 Å². The number of para-hydroxylation sites is 1. The summed E-state index contributed by atoms with van der Waals surface area (Å²) in [6, 6.07) is 15.3. The topological polar surface area (TPSA) is 96.8 Å². The van der Waals surface area contributed by atoms with Gasteiger partial charge in [-0.1, -0.05) is 23.7 Å². The van der Waals surface area contributed by atoms with Gasteiger partial charge < -0.3 is 14.1 Å². The van der Waals surface area contributed by atoms with E-state index < -0.39 is 11.9 Å². The molecule has 4 aromatic rings. The number of nitrogens with zero attached hydrogens (tertiary/aromatic N) is 2. The van der Waals surface area contributed by atoms with Gasteiger partial charge in [0.25, 0.3) is 0 Å². The molecule has 4 rings (SSSR count). The monoisotopic (exact) mass is 435 g/mol. The van der Waals surface area contributed by atoms with Crippen LogP contribution in [0.2, 0.25) is 5.02 Å². The Morgan fingerprint density at radius 3 is 2.68 bits per heavy atom. The van der Waals surface area contributed by atoms with Crippen LogP contribution in [0.5, 0.6) is 0 Å². The van der Waals surface area contributed by atoms with Crippen molar-refractivity contribution in [2.45, 2.75) is 13.8 Å². The average molecular weight is 436 g/mol. The Morgan fingerprint density at radius 1 is 1.13 bits per heavy atom. The number of hydrogen-bond acceptors (Lipinski definition) is 4. The average Bonchev–Trinajstić information content (AvgIpc) is 3.28. The molecule has 2 heterocycles. The van der Waals surface area contributed by atoms with Crippen molar-refractivity contribution in [1.29, 1.82) is 0 Å². The van der Waals surface area contributed by atoms with Crippen molar-refractivity contribution >= 4 is 40.7 Å². The summed E-state index contributed by atoms with van der Waals surface area (Å²) in [6.07, 6.45) is 1.51. The number of fused-ring (bicyclic) bond motifs is 1. The van der Waals surface area contributed by atoms with Crippen LogP contribution in [0.15, 0.2) is 64.1 Å². The second kappa shape index (κ2) is 8.12. The highest BCUT2D eigenvalue weighted by Crippen LogP contribution is 2.24. The van der Waals surface area contributed by atoms with Gasteiger partial charge in [0.05, 0.1) is 17.5 Å². The molecule has 1 amide bonds. The molecule has 7 nitrogen and oxygen atoms in total. The van der Waals surface area contributed by atoms with Crippen LogP contribution in [-0.2, 0) is 0 Å². The normalized spacial score (nSPS) is 11.3. The highest BCUT2D eigenvalue weighted by atomic mass is 35.5. The van der Waals surface area contributed by atoms with E-state index in [1.807, 2.05) is 24.5 Å². The maximum atomic E-state index is 12.4. The molecular formula is C23H18ClN3O4. The van der Waals surface area contributed by atoms with Crippen molar-refractivity contribution in [1.82, 2.24) is 9.99 Å². The molecule has 0 unspecified atom stereocenters. The molecule has 0 bridgehead atoms. The first-order chi connectivity index (χ1) is 14.8. The summed E-state index contributed by atoms with van der Waals surface area (Å²) < 4.78 is 7.37. The molecule has 31 heavy (non-hydrogen) atoms. The molecule has 8 heteroatoms. The van der Waals surface area contributed by atoms with Gasteiger partial charge in [0, 0.05) is 27.4 Å². The van der Waals surface area contributed by atoms with Crippen LogP contribution in [0, 0.1) is 13.8 Å². The summed E-state index contributed by atoms with van der Waals surface area (Å²) in [5.41, 5.74) is 6.15. The second-order valence-corrected chi connectivity index (χ2v) is 7.41. The molecule has 0 saturated carbocycles. The van der Waals surface area contributed by atoms with Crippen molar-refractivity contribution < 1.29 is 19.1 Å². The zero-order chi connectivity index (χ0) is 22.1. The van der Waals surface area contributed by atoms with Gasteiger partial charge in [0.2, 0.25) is 0 Å². The third-order valence-electron chi connectivity index (χ3n) is 4.92. The molecule has 0 saturated heterocycles. The molecule has 0 aliphatic rings. The molecule has 0 aliphatic heterocycles. The zero-order valence-electron chi connectivity index (χ0n) is 16.7. The Balaban J connectivity index is 1.57. The predicted octanol–water partition coefficient (Wildman–Crippen LogP) is 4.96. The Hall–Kier alpha value is -3.84. The van der Waals surface area contributed by atoms with Gasteiger partial charge >= 0.3 is 11.9 Å². The number of aromatic nitrogens is 1. The maximum absolute atomic E-state index is 12.4. The number of hydrogen-bond donors (Lipinski definition) is 2. The Morgan fingerprint density at radius 2 is 1.90 bits per heavy atom. The van der Waals surface area contributed by atoms with Crippen molar-refractivity contribution in [2.24, 2.45) is 5.10 Å². The molecule has 156 valence electrons. The van der Waals surface area contributed by atoms with E-state index in [9.17, 15) is 14.7 Å². The number of amides is 1. The Bertz CT molecular complexity index is 1350. The molecule has 0 spiro atoms. The van der Waals surface area contributed by atoms with E-state index in [1.54, 1.807) is 48.5 Å². The molecular weight excluding hydrogens is 418 g/mol. The fourth-order valence-electron chi connectivity index (χ4n) is 3.48. The Kier molecular flexibility index (Phi) is 5.35. The largest absolute Gasteiger partial charge is 0.478 e. The third kappa shape index (κ3) is 3.95. The number of carboxylic acid groups (broad SMARTS) is 1. The number of aryl methyl sites for hydroxylation is 1. The van der Waals surface area contributed by atoms with Crippen LogP contribution in [0.25, 0.3) is 16.7 Å². The van der Waals surface area contributed by atoms with E-state index in [2.05, 4.69) is 10.5 Å². The number of benzene rings is 2. The minimum absolute atomic E-state index is 0.121. The highest BCUT2D eigenvalue weighted by molar-refractivity contribution is 6.31. The van der Waals surface area contributed by atoms with Gasteiger partial charge in [-0.25, -0.2) is 10.2 Å². The fourth-order valence-corrected chi connectivity index (χ4v) is 3.66. The van der Waals surface area contributed by atoms with E-state index in [0.29, 0.717) is 16.3 Å². The first-order valence-corrected chi connectivity index (χ1v) is 9.77. The molecule has 0 atom stereocenters. The number of carbonyl (C=O) groups excluding carboxylic acids is 1. The zero-order valence-corrected chi connectivity index (χ0v) is 17.5. The summed E-state index contributed by atoms with van der Waals surface area (Å²) in [5, 5.41) is 14.8.